The van der Waals surface area contributed by atoms with Gasteiger partial charge in [0.05, 0.1) is 48.6 Å². The largest absolute Gasteiger partial charge is 0.467 e. The number of H-pyrrole nitrogens is 1. The van der Waals surface area contributed by atoms with Gasteiger partial charge in [-0.15, -0.1) is 0 Å². The molecule has 0 fully saturated rings. The molecule has 0 unspecified atom stereocenters. The second-order valence-corrected chi connectivity index (χ2v) is 6.20. The smallest absolute Gasteiger partial charge is 0.435 e. The van der Waals surface area contributed by atoms with Crippen molar-refractivity contribution in [1.29, 1.82) is 10.5 Å². The van der Waals surface area contributed by atoms with Crippen LogP contribution >= 0.6 is 0 Å². The Kier molecular flexibility index (Phi) is 6.21. The van der Waals surface area contributed by atoms with E-state index in [4.69, 9.17) is 15.3 Å². The van der Waals surface area contributed by atoms with Crippen molar-refractivity contribution in [3.8, 4) is 18.1 Å². The Balaban J connectivity index is 1.91. The molecule has 3 rings (SSSR count). The number of nitrogens with one attached hydrogen (secondary N) is 2. The number of rotatable bonds is 5. The number of nitrogens with zero attached hydrogens (tertiary/aromatic N) is 6. The fourth-order valence-electron chi connectivity index (χ4n) is 2.60. The first-order valence-corrected chi connectivity index (χ1v) is 8.75. The van der Waals surface area contributed by atoms with Crippen molar-refractivity contribution >= 4 is 17.4 Å². The number of amides is 2. The van der Waals surface area contributed by atoms with Crippen molar-refractivity contribution in [1.82, 2.24) is 20.2 Å². The summed E-state index contributed by atoms with van der Waals surface area (Å²) in [6.07, 6.45) is -2.14. The van der Waals surface area contributed by atoms with Crippen LogP contribution in [0.15, 0.2) is 36.7 Å². The Labute approximate surface area is 178 Å². The van der Waals surface area contributed by atoms with E-state index in [0.29, 0.717) is 0 Å². The average Bonchev–Trinajstić information content (AvgIpc) is 3.27. The molecule has 0 spiro atoms. The van der Waals surface area contributed by atoms with E-state index in [0.717, 1.165) is 11.0 Å². The van der Waals surface area contributed by atoms with Gasteiger partial charge in [0.1, 0.15) is 12.1 Å². The van der Waals surface area contributed by atoms with Crippen molar-refractivity contribution in [3.05, 3.63) is 59.2 Å². The van der Waals surface area contributed by atoms with Crippen LogP contribution in [-0.4, -0.2) is 33.3 Å². The number of urea groups is 1. The third-order valence-corrected chi connectivity index (χ3v) is 4.12. The number of hydrogen-bond acceptors (Lipinski definition) is 7. The number of anilines is 2. The van der Waals surface area contributed by atoms with Gasteiger partial charge in [-0.3, -0.25) is 10.00 Å². The highest BCUT2D eigenvalue weighted by molar-refractivity contribution is 6.01. The number of alkyl halides is 3. The van der Waals surface area contributed by atoms with Crippen molar-refractivity contribution in [2.75, 3.05) is 17.3 Å². The summed E-state index contributed by atoms with van der Waals surface area (Å²) < 4.78 is 43.5. The second kappa shape index (κ2) is 9.01. The molecule has 0 atom stereocenters. The van der Waals surface area contributed by atoms with Crippen LogP contribution in [0, 0.1) is 22.7 Å². The Morgan fingerprint density at radius 3 is 2.44 bits per heavy atom. The number of nitriles is 2. The maximum atomic E-state index is 13.0. The Hall–Kier alpha value is -4.65. The lowest BCUT2D eigenvalue weighted by Crippen LogP contribution is -2.35. The number of ether oxygens (including phenoxy) is 1. The monoisotopic (exact) mass is 442 g/mol. The van der Waals surface area contributed by atoms with E-state index in [1.807, 2.05) is 12.1 Å². The Bertz CT molecular complexity index is 1210. The molecule has 0 aliphatic heterocycles. The van der Waals surface area contributed by atoms with E-state index in [1.54, 1.807) is 0 Å². The van der Waals surface area contributed by atoms with Crippen LogP contribution in [0.25, 0.3) is 0 Å². The normalized spacial score (nSPS) is 10.7. The summed E-state index contributed by atoms with van der Waals surface area (Å²) in [4.78, 5) is 21.8. The summed E-state index contributed by atoms with van der Waals surface area (Å²) in [7, 11) is 1.35. The molecule has 2 heterocycles. The van der Waals surface area contributed by atoms with Gasteiger partial charge >= 0.3 is 18.2 Å². The highest BCUT2D eigenvalue weighted by Crippen LogP contribution is 2.28. The summed E-state index contributed by atoms with van der Waals surface area (Å²) in [5.74, 6) is 0. The van der Waals surface area contributed by atoms with Gasteiger partial charge in [-0.1, -0.05) is 0 Å². The number of halogens is 3. The van der Waals surface area contributed by atoms with E-state index in [-0.39, 0.29) is 40.8 Å². The van der Waals surface area contributed by atoms with E-state index < -0.39 is 17.9 Å². The third-order valence-electron chi connectivity index (χ3n) is 4.12. The zero-order chi connectivity index (χ0) is 23.3. The van der Waals surface area contributed by atoms with Crippen LogP contribution in [0.5, 0.6) is 6.01 Å². The van der Waals surface area contributed by atoms with Crippen molar-refractivity contribution in [2.24, 2.45) is 0 Å². The molecule has 32 heavy (non-hydrogen) atoms. The fraction of sp³-hybridized carbons (Fsp3) is 0.158. The number of benzene rings is 1. The van der Waals surface area contributed by atoms with Crippen molar-refractivity contribution < 1.29 is 22.7 Å². The van der Waals surface area contributed by atoms with Crippen LogP contribution in [0.2, 0.25) is 0 Å². The summed E-state index contributed by atoms with van der Waals surface area (Å²) >= 11 is 0. The molecule has 0 radical (unpaired) electrons. The van der Waals surface area contributed by atoms with Crippen molar-refractivity contribution in [2.45, 2.75) is 12.7 Å². The molecule has 0 aliphatic carbocycles. The van der Waals surface area contributed by atoms with Gasteiger partial charge in [0, 0.05) is 5.69 Å². The SMILES string of the molecule is COc1ncc(N(Cc2cc(C(F)(F)F)n[nH]2)C(=O)Nc2ccc(C#N)c(C#N)c2)cn1. The van der Waals surface area contributed by atoms with Crippen molar-refractivity contribution in [3.63, 3.8) is 0 Å². The van der Waals surface area contributed by atoms with E-state index >= 15 is 0 Å². The summed E-state index contributed by atoms with van der Waals surface area (Å²) in [5, 5.41) is 26.2. The molecule has 1 aromatic carbocycles. The highest BCUT2D eigenvalue weighted by Gasteiger charge is 2.34. The molecule has 10 nitrogen and oxygen atoms in total. The van der Waals surface area contributed by atoms with E-state index in [1.165, 1.54) is 37.7 Å². The number of carbonyl (C=O) groups excluding carboxylic acids is 1. The molecule has 2 N–H and O–H groups in total. The van der Waals surface area contributed by atoms with Gasteiger partial charge < -0.3 is 10.1 Å². The average molecular weight is 442 g/mol. The van der Waals surface area contributed by atoms with Gasteiger partial charge in [0.15, 0.2) is 5.69 Å². The molecule has 0 saturated carbocycles. The van der Waals surface area contributed by atoms with Gasteiger partial charge in [0.2, 0.25) is 0 Å². The summed E-state index contributed by atoms with van der Waals surface area (Å²) in [6, 6.07) is 7.84. The molecular formula is C19H13F3N8O2. The minimum atomic E-state index is -4.65. The van der Waals surface area contributed by atoms with Crippen LogP contribution < -0.4 is 15.0 Å². The lowest BCUT2D eigenvalue weighted by molar-refractivity contribution is -0.141. The first kappa shape index (κ1) is 22.0. The summed E-state index contributed by atoms with van der Waals surface area (Å²) in [6.45, 7) is -0.327. The molecule has 0 bridgehead atoms. The highest BCUT2D eigenvalue weighted by atomic mass is 19.4. The van der Waals surface area contributed by atoms with E-state index in [2.05, 4.69) is 25.5 Å². The van der Waals surface area contributed by atoms with Gasteiger partial charge in [-0.25, -0.2) is 14.8 Å². The minimum absolute atomic E-state index is 0.000774. The predicted molar refractivity (Wildman–Crippen MR) is 103 cm³/mol. The molecule has 162 valence electrons. The zero-order valence-corrected chi connectivity index (χ0v) is 16.3. The molecule has 2 aromatic heterocycles. The van der Waals surface area contributed by atoms with Gasteiger partial charge in [-0.05, 0) is 24.3 Å². The maximum absolute atomic E-state index is 13.0. The standard InChI is InChI=1S/C19H13F3N8O2/c1-32-17-25-8-15(9-26-17)30(10-14-5-16(29-28-14)19(20,21)22)18(31)27-13-3-2-11(6-23)12(4-13)7-24/h2-5,8-9H,10H2,1H3,(H,27,31)(H,28,29). The first-order valence-electron chi connectivity index (χ1n) is 8.75. The lowest BCUT2D eigenvalue weighted by atomic mass is 10.1. The number of hydrogen-bond donors (Lipinski definition) is 2. The summed E-state index contributed by atoms with van der Waals surface area (Å²) in [5.41, 5.74) is -0.604. The zero-order valence-electron chi connectivity index (χ0n) is 16.3. The topological polar surface area (TPSA) is 144 Å². The molecule has 0 saturated heterocycles. The Morgan fingerprint density at radius 2 is 1.88 bits per heavy atom. The van der Waals surface area contributed by atoms with Gasteiger partial charge in [0.25, 0.3) is 0 Å². The number of aromatic nitrogens is 4. The number of methoxy groups -OCH3 is 1. The van der Waals surface area contributed by atoms with E-state index in [9.17, 15) is 18.0 Å². The second-order valence-electron chi connectivity index (χ2n) is 6.20. The molecule has 2 amide bonds. The maximum Gasteiger partial charge on any atom is 0.435 e. The Morgan fingerprint density at radius 1 is 1.19 bits per heavy atom. The van der Waals surface area contributed by atoms with Crippen LogP contribution in [0.4, 0.5) is 29.3 Å². The number of aromatic amines is 1. The minimum Gasteiger partial charge on any atom is -0.467 e. The van der Waals surface area contributed by atoms with Crippen LogP contribution in [0.1, 0.15) is 22.5 Å². The van der Waals surface area contributed by atoms with Crippen LogP contribution in [0.3, 0.4) is 0 Å². The molecule has 3 aromatic rings. The number of carbonyl (C=O) groups is 1. The first-order chi connectivity index (χ1) is 15.2. The molecular weight excluding hydrogens is 429 g/mol. The van der Waals surface area contributed by atoms with Gasteiger partial charge in [-0.2, -0.15) is 28.8 Å². The predicted octanol–water partition coefficient (Wildman–Crippen LogP) is 3.21. The fourth-order valence-corrected chi connectivity index (χ4v) is 2.60. The molecule has 0 aliphatic rings. The quantitative estimate of drug-likeness (QED) is 0.617. The van der Waals surface area contributed by atoms with Crippen LogP contribution in [-0.2, 0) is 12.7 Å². The molecule has 13 heteroatoms. The lowest BCUT2D eigenvalue weighted by Gasteiger charge is -2.22. The third kappa shape index (κ3) is 4.91.